The van der Waals surface area contributed by atoms with E-state index in [-0.39, 0.29) is 18.0 Å². The first kappa shape index (κ1) is 19.1. The monoisotopic (exact) mass is 450 g/mol. The molecular formula is C20H23BrN2O3S. The highest BCUT2D eigenvalue weighted by Gasteiger charge is 2.47. The van der Waals surface area contributed by atoms with Crippen molar-refractivity contribution in [3.05, 3.63) is 64.1 Å². The first-order chi connectivity index (χ1) is 12.9. The van der Waals surface area contributed by atoms with Crippen molar-refractivity contribution in [2.24, 2.45) is 5.92 Å². The highest BCUT2D eigenvalue weighted by atomic mass is 79.9. The van der Waals surface area contributed by atoms with Crippen molar-refractivity contribution in [3.63, 3.8) is 0 Å². The van der Waals surface area contributed by atoms with Crippen LogP contribution in [0.4, 0.5) is 0 Å². The van der Waals surface area contributed by atoms with Crippen LogP contribution in [0.25, 0.3) is 0 Å². The van der Waals surface area contributed by atoms with E-state index in [9.17, 15) is 8.42 Å². The van der Waals surface area contributed by atoms with Crippen molar-refractivity contribution in [2.45, 2.75) is 30.3 Å². The van der Waals surface area contributed by atoms with Crippen LogP contribution in [0.1, 0.15) is 23.6 Å². The van der Waals surface area contributed by atoms with Gasteiger partial charge in [-0.05, 0) is 42.7 Å². The number of fused-ring (bicyclic) bond motifs is 1. The van der Waals surface area contributed by atoms with Gasteiger partial charge in [-0.25, -0.2) is 8.42 Å². The van der Waals surface area contributed by atoms with Gasteiger partial charge in [-0.1, -0.05) is 46.3 Å². The summed E-state index contributed by atoms with van der Waals surface area (Å²) in [4.78, 5) is 6.09. The van der Waals surface area contributed by atoms with Gasteiger partial charge >= 0.3 is 0 Å². The van der Waals surface area contributed by atoms with Gasteiger partial charge in [-0.2, -0.15) is 9.37 Å². The molecule has 2 saturated heterocycles. The molecule has 0 aliphatic carbocycles. The van der Waals surface area contributed by atoms with Crippen LogP contribution in [0.2, 0.25) is 0 Å². The minimum absolute atomic E-state index is 0.178. The number of rotatable bonds is 3. The summed E-state index contributed by atoms with van der Waals surface area (Å²) in [6.45, 7) is 2.87. The second-order valence-corrected chi connectivity index (χ2v) is 10.1. The molecule has 2 aliphatic heterocycles. The molecule has 27 heavy (non-hydrogen) atoms. The zero-order valence-corrected chi connectivity index (χ0v) is 17.8. The lowest BCUT2D eigenvalue weighted by Crippen LogP contribution is -2.49. The van der Waals surface area contributed by atoms with E-state index < -0.39 is 10.0 Å². The van der Waals surface area contributed by atoms with E-state index in [0.717, 1.165) is 15.6 Å². The summed E-state index contributed by atoms with van der Waals surface area (Å²) >= 11 is 3.52. The maximum atomic E-state index is 13.6. The maximum Gasteiger partial charge on any atom is 0.243 e. The number of halogens is 1. The van der Waals surface area contributed by atoms with Gasteiger partial charge in [0.15, 0.2) is 0 Å². The normalized spacial score (nSPS) is 26.9. The number of hydrogen-bond acceptors (Lipinski definition) is 4. The van der Waals surface area contributed by atoms with Crippen molar-refractivity contribution in [3.8, 4) is 0 Å². The van der Waals surface area contributed by atoms with Gasteiger partial charge in [0.25, 0.3) is 0 Å². The van der Waals surface area contributed by atoms with Gasteiger partial charge in [-0.15, -0.1) is 0 Å². The molecule has 144 valence electrons. The average Bonchev–Trinajstić information content (AvgIpc) is 3.01. The topological polar surface area (TPSA) is 49.9 Å². The molecule has 0 unspecified atom stereocenters. The van der Waals surface area contributed by atoms with Crippen LogP contribution in [0.5, 0.6) is 0 Å². The third-order valence-electron chi connectivity index (χ3n) is 5.64. The Kier molecular flexibility index (Phi) is 5.16. The molecule has 0 bridgehead atoms. The first-order valence-corrected chi connectivity index (χ1v) is 11.3. The zero-order chi connectivity index (χ0) is 19.2. The number of hydrogen-bond donors (Lipinski definition) is 0. The lowest BCUT2D eigenvalue weighted by Gasteiger charge is -2.41. The number of sulfonamides is 1. The molecule has 0 saturated carbocycles. The quantitative estimate of drug-likeness (QED) is 0.714. The van der Waals surface area contributed by atoms with Crippen molar-refractivity contribution in [1.82, 2.24) is 9.37 Å². The fourth-order valence-corrected chi connectivity index (χ4v) is 6.52. The predicted octanol–water partition coefficient (Wildman–Crippen LogP) is 3.76. The van der Waals surface area contributed by atoms with Crippen LogP contribution in [-0.4, -0.2) is 44.0 Å². The molecule has 4 rings (SSSR count). The minimum Gasteiger partial charge on any atom is -0.299 e. The summed E-state index contributed by atoms with van der Waals surface area (Å²) in [5.74, 6) is 0.178. The largest absolute Gasteiger partial charge is 0.299 e. The predicted molar refractivity (Wildman–Crippen MR) is 108 cm³/mol. The number of piperidine rings is 1. The zero-order valence-electron chi connectivity index (χ0n) is 15.4. The molecule has 3 atom stereocenters. The molecule has 0 radical (unpaired) electrons. The molecule has 2 fully saturated rings. The Morgan fingerprint density at radius 3 is 2.67 bits per heavy atom. The fraction of sp³-hybridized carbons (Fsp3) is 0.400. The summed E-state index contributed by atoms with van der Waals surface area (Å²) in [5, 5.41) is 1.90. The third-order valence-corrected chi connectivity index (χ3v) is 8.17. The summed E-state index contributed by atoms with van der Waals surface area (Å²) < 4.78 is 29.8. The molecule has 2 heterocycles. The Balaban J connectivity index is 1.79. The standard InChI is InChI=1S/C20H23BrN2O3S/c1-14-6-3-4-9-20(14)27(24,25)23-12-16-13-26-22(2)18(16)11-19(23)15-7-5-8-17(21)10-15/h3-10,16,18-19H,11-13H2,1-2H3/t16-,18-,19-/m0/s1. The number of aryl methyl sites for hydroxylation is 1. The van der Waals surface area contributed by atoms with Gasteiger partial charge in [0.1, 0.15) is 0 Å². The second-order valence-electron chi connectivity index (χ2n) is 7.32. The Bertz CT molecular complexity index is 950. The SMILES string of the molecule is Cc1ccccc1S(=O)(=O)N1C[C@H]2CON(C)[C@H]2C[C@H]1c1cccc(Br)c1. The first-order valence-electron chi connectivity index (χ1n) is 9.06. The van der Waals surface area contributed by atoms with E-state index >= 15 is 0 Å². The van der Waals surface area contributed by atoms with Crippen molar-refractivity contribution < 1.29 is 13.3 Å². The van der Waals surface area contributed by atoms with E-state index in [2.05, 4.69) is 15.9 Å². The molecule has 0 spiro atoms. The highest BCUT2D eigenvalue weighted by Crippen LogP contribution is 2.42. The van der Waals surface area contributed by atoms with Gasteiger partial charge in [0.05, 0.1) is 17.5 Å². The second kappa shape index (κ2) is 7.29. The Morgan fingerprint density at radius 1 is 1.15 bits per heavy atom. The van der Waals surface area contributed by atoms with E-state index in [1.165, 1.54) is 0 Å². The molecule has 2 aromatic rings. The number of hydroxylamine groups is 2. The third kappa shape index (κ3) is 3.47. The Hall–Kier alpha value is -1.25. The van der Waals surface area contributed by atoms with E-state index in [4.69, 9.17) is 4.84 Å². The van der Waals surface area contributed by atoms with Crippen LogP contribution in [-0.2, 0) is 14.9 Å². The maximum absolute atomic E-state index is 13.6. The fourth-order valence-electron chi connectivity index (χ4n) is 4.19. The van der Waals surface area contributed by atoms with E-state index in [1.807, 2.05) is 55.4 Å². The van der Waals surface area contributed by atoms with Gasteiger partial charge in [-0.3, -0.25) is 4.84 Å². The molecule has 2 aliphatic rings. The molecule has 0 aromatic heterocycles. The van der Waals surface area contributed by atoms with Crippen molar-refractivity contribution in [1.29, 1.82) is 0 Å². The molecular weight excluding hydrogens is 428 g/mol. The summed E-state index contributed by atoms with van der Waals surface area (Å²) in [6, 6.07) is 15.1. The molecule has 5 nitrogen and oxygen atoms in total. The highest BCUT2D eigenvalue weighted by molar-refractivity contribution is 9.10. The van der Waals surface area contributed by atoms with E-state index in [0.29, 0.717) is 24.5 Å². The van der Waals surface area contributed by atoms with Gasteiger partial charge in [0, 0.05) is 30.0 Å². The van der Waals surface area contributed by atoms with Crippen LogP contribution in [0.15, 0.2) is 57.9 Å². The van der Waals surface area contributed by atoms with Gasteiger partial charge < -0.3 is 0 Å². The van der Waals surface area contributed by atoms with Gasteiger partial charge in [0.2, 0.25) is 10.0 Å². The minimum atomic E-state index is -3.62. The summed E-state index contributed by atoms with van der Waals surface area (Å²) in [6.07, 6.45) is 0.711. The Morgan fingerprint density at radius 2 is 1.93 bits per heavy atom. The molecule has 7 heteroatoms. The van der Waals surface area contributed by atoms with Crippen LogP contribution in [0.3, 0.4) is 0 Å². The van der Waals surface area contributed by atoms with E-state index in [1.54, 1.807) is 16.4 Å². The number of benzene rings is 2. The average molecular weight is 451 g/mol. The lowest BCUT2D eigenvalue weighted by molar-refractivity contribution is -0.113. The molecule has 0 N–H and O–H groups in total. The van der Waals surface area contributed by atoms with Crippen LogP contribution < -0.4 is 0 Å². The molecule has 2 aromatic carbocycles. The smallest absolute Gasteiger partial charge is 0.243 e. The van der Waals surface area contributed by atoms with Crippen LogP contribution in [0, 0.1) is 12.8 Å². The Labute approximate surface area is 169 Å². The van der Waals surface area contributed by atoms with Crippen molar-refractivity contribution in [2.75, 3.05) is 20.2 Å². The lowest BCUT2D eigenvalue weighted by atomic mass is 9.87. The molecule has 0 amide bonds. The number of nitrogens with zero attached hydrogens (tertiary/aromatic N) is 2. The van der Waals surface area contributed by atoms with Crippen molar-refractivity contribution >= 4 is 26.0 Å². The van der Waals surface area contributed by atoms with Crippen LogP contribution >= 0.6 is 15.9 Å². The summed E-state index contributed by atoms with van der Waals surface area (Å²) in [7, 11) is -1.68. The summed E-state index contributed by atoms with van der Waals surface area (Å²) in [5.41, 5.74) is 1.77.